The minimum absolute atomic E-state index is 0.0352. The molecule has 0 heterocycles. The first-order valence-electron chi connectivity index (χ1n) is 8.63. The second kappa shape index (κ2) is 8.42. The van der Waals surface area contributed by atoms with Crippen molar-refractivity contribution in [1.29, 1.82) is 5.26 Å². The summed E-state index contributed by atoms with van der Waals surface area (Å²) in [6.07, 6.45) is 2.64. The predicted molar refractivity (Wildman–Crippen MR) is 102 cm³/mol. The maximum Gasteiger partial charge on any atom is 0.224 e. The van der Waals surface area contributed by atoms with Gasteiger partial charge < -0.3 is 11.5 Å². The van der Waals surface area contributed by atoms with Crippen LogP contribution in [0.5, 0.6) is 0 Å². The molecule has 0 aromatic heterocycles. The molecule has 8 heteroatoms. The second-order valence-corrected chi connectivity index (χ2v) is 10.4. The summed E-state index contributed by atoms with van der Waals surface area (Å²) in [5, 5.41) is 9.07. The summed E-state index contributed by atoms with van der Waals surface area (Å²) in [4.78, 5) is 13.2. The van der Waals surface area contributed by atoms with Gasteiger partial charge in [0, 0.05) is 11.3 Å². The third-order valence-electron chi connectivity index (χ3n) is 5.02. The molecule has 1 aliphatic carbocycles. The zero-order chi connectivity index (χ0) is 19.4. The van der Waals surface area contributed by atoms with Crippen LogP contribution in [0, 0.1) is 22.7 Å². The Morgan fingerprint density at radius 2 is 2.04 bits per heavy atom. The fourth-order valence-corrected chi connectivity index (χ4v) is 6.12. The molecule has 142 valence electrons. The van der Waals surface area contributed by atoms with Gasteiger partial charge in [0.15, 0.2) is 9.84 Å². The van der Waals surface area contributed by atoms with E-state index in [9.17, 15) is 13.2 Å². The molecular weight excluding hydrogens is 370 g/mol. The number of hydrogen-bond donors (Lipinski definition) is 2. The van der Waals surface area contributed by atoms with E-state index in [1.165, 1.54) is 11.8 Å². The number of nitriles is 1. The van der Waals surface area contributed by atoms with Crippen molar-refractivity contribution in [3.63, 3.8) is 0 Å². The Kier molecular flexibility index (Phi) is 6.72. The summed E-state index contributed by atoms with van der Waals surface area (Å²) >= 11 is 1.45. The van der Waals surface area contributed by atoms with Gasteiger partial charge in [-0.15, -0.1) is 11.8 Å². The van der Waals surface area contributed by atoms with Crippen LogP contribution in [0.4, 0.5) is 0 Å². The molecule has 1 saturated carbocycles. The van der Waals surface area contributed by atoms with E-state index in [-0.39, 0.29) is 22.4 Å². The van der Waals surface area contributed by atoms with Gasteiger partial charge in [0.1, 0.15) is 0 Å². The van der Waals surface area contributed by atoms with Crippen molar-refractivity contribution in [2.45, 2.75) is 54.2 Å². The highest BCUT2D eigenvalue weighted by atomic mass is 32.2. The maximum absolute atomic E-state index is 12.9. The monoisotopic (exact) mass is 395 g/mol. The highest BCUT2D eigenvalue weighted by Gasteiger charge is 2.47. The predicted octanol–water partition coefficient (Wildman–Crippen LogP) is 2.43. The minimum atomic E-state index is -3.59. The summed E-state index contributed by atoms with van der Waals surface area (Å²) in [5.74, 6) is -1.17. The summed E-state index contributed by atoms with van der Waals surface area (Å²) < 4.78 is 25.8. The number of primary amides is 1. The first kappa shape index (κ1) is 20.7. The molecule has 1 aromatic rings. The zero-order valence-electron chi connectivity index (χ0n) is 14.8. The lowest BCUT2D eigenvalue weighted by atomic mass is 9.65. The number of thioether (sulfide) groups is 1. The van der Waals surface area contributed by atoms with Gasteiger partial charge in [-0.05, 0) is 49.9 Å². The fraction of sp³-hybridized carbons (Fsp3) is 0.556. The third-order valence-corrected chi connectivity index (χ3v) is 7.77. The lowest BCUT2D eigenvalue weighted by Gasteiger charge is -2.40. The molecule has 3 atom stereocenters. The van der Waals surface area contributed by atoms with Crippen molar-refractivity contribution >= 4 is 27.5 Å². The number of amides is 1. The van der Waals surface area contributed by atoms with Crippen molar-refractivity contribution in [2.24, 2.45) is 22.8 Å². The van der Waals surface area contributed by atoms with Crippen molar-refractivity contribution in [2.75, 3.05) is 5.75 Å². The van der Waals surface area contributed by atoms with Gasteiger partial charge in [-0.1, -0.05) is 12.8 Å². The zero-order valence-corrected chi connectivity index (χ0v) is 16.5. The van der Waals surface area contributed by atoms with Gasteiger partial charge in [0.25, 0.3) is 0 Å². The number of rotatable bonds is 7. The molecule has 0 spiro atoms. The Bertz CT molecular complexity index is 785. The average Bonchev–Trinajstić information content (AvgIpc) is 2.56. The first-order chi connectivity index (χ1) is 12.2. The van der Waals surface area contributed by atoms with Crippen molar-refractivity contribution in [3.8, 4) is 6.07 Å². The second-order valence-electron chi connectivity index (χ2n) is 6.87. The number of benzene rings is 1. The molecule has 4 N–H and O–H groups in total. The molecule has 1 fully saturated rings. The number of carbonyl (C=O) groups excluding carboxylic acids is 1. The van der Waals surface area contributed by atoms with Crippen LogP contribution in [-0.2, 0) is 14.6 Å². The molecule has 0 saturated heterocycles. The molecule has 26 heavy (non-hydrogen) atoms. The highest BCUT2D eigenvalue weighted by molar-refractivity contribution is 7.99. The van der Waals surface area contributed by atoms with E-state index in [0.29, 0.717) is 12.8 Å². The van der Waals surface area contributed by atoms with Crippen LogP contribution in [-0.4, -0.2) is 25.5 Å². The van der Waals surface area contributed by atoms with Crippen LogP contribution in [0.1, 0.15) is 39.0 Å². The summed E-state index contributed by atoms with van der Waals surface area (Å²) in [6, 6.07) is 8.64. The molecule has 1 aromatic carbocycles. The molecule has 6 nitrogen and oxygen atoms in total. The van der Waals surface area contributed by atoms with Crippen molar-refractivity contribution < 1.29 is 13.2 Å². The molecule has 0 radical (unpaired) electrons. The van der Waals surface area contributed by atoms with Crippen LogP contribution in [0.2, 0.25) is 0 Å². The SMILES string of the molecule is CC(N)Sc1ccc(S(=O)(=O)CC2CCCCC2(CC#N)C(N)=O)cc1. The smallest absolute Gasteiger partial charge is 0.224 e. The quantitative estimate of drug-likeness (QED) is 0.539. The van der Waals surface area contributed by atoms with Crippen LogP contribution in [0.3, 0.4) is 0 Å². The van der Waals surface area contributed by atoms with Gasteiger partial charge in [0.2, 0.25) is 5.91 Å². The molecular formula is C18H25N3O3S2. The van der Waals surface area contributed by atoms with Crippen molar-refractivity contribution in [1.82, 2.24) is 0 Å². The normalized spacial score (nSPS) is 24.6. The standard InChI is InChI=1S/C18H25N3O3S2/c1-13(20)25-15-5-7-16(8-6-15)26(23,24)12-14-4-2-3-9-18(14,10-11-19)17(21)22/h5-8,13-14H,2-4,9-10,12,20H2,1H3,(H2,21,22). The number of nitrogens with two attached hydrogens (primary N) is 2. The van der Waals surface area contributed by atoms with E-state index in [1.807, 2.05) is 13.0 Å². The van der Waals surface area contributed by atoms with E-state index >= 15 is 0 Å². The Labute approximate surface area is 159 Å². The summed E-state index contributed by atoms with van der Waals surface area (Å²) in [6.45, 7) is 1.86. The number of carbonyl (C=O) groups is 1. The largest absolute Gasteiger partial charge is 0.369 e. The van der Waals surface area contributed by atoms with Crippen molar-refractivity contribution in [3.05, 3.63) is 24.3 Å². The lowest BCUT2D eigenvalue weighted by molar-refractivity contribution is -0.132. The van der Waals surface area contributed by atoms with Crippen LogP contribution < -0.4 is 11.5 Å². The van der Waals surface area contributed by atoms with E-state index in [0.717, 1.165) is 17.7 Å². The lowest BCUT2D eigenvalue weighted by Crippen LogP contribution is -2.47. The van der Waals surface area contributed by atoms with Gasteiger partial charge in [-0.2, -0.15) is 5.26 Å². The summed E-state index contributed by atoms with van der Waals surface area (Å²) in [7, 11) is -3.59. The minimum Gasteiger partial charge on any atom is -0.369 e. The molecule has 3 unspecified atom stereocenters. The van der Waals surface area contributed by atoms with Gasteiger partial charge in [0.05, 0.1) is 27.5 Å². The van der Waals surface area contributed by atoms with Gasteiger partial charge in [-0.3, -0.25) is 4.79 Å². The topological polar surface area (TPSA) is 127 Å². The molecule has 2 rings (SSSR count). The van der Waals surface area contributed by atoms with Gasteiger partial charge in [-0.25, -0.2) is 8.42 Å². The van der Waals surface area contributed by atoms with E-state index in [2.05, 4.69) is 0 Å². The Morgan fingerprint density at radius 3 is 2.58 bits per heavy atom. The van der Waals surface area contributed by atoms with Crippen LogP contribution in [0.25, 0.3) is 0 Å². The number of nitrogens with zero attached hydrogens (tertiary/aromatic N) is 1. The van der Waals surface area contributed by atoms with E-state index in [4.69, 9.17) is 16.7 Å². The number of hydrogen-bond acceptors (Lipinski definition) is 6. The Morgan fingerprint density at radius 1 is 1.38 bits per heavy atom. The average molecular weight is 396 g/mol. The summed E-state index contributed by atoms with van der Waals surface area (Å²) in [5.41, 5.74) is 10.3. The van der Waals surface area contributed by atoms with E-state index in [1.54, 1.807) is 24.3 Å². The molecule has 1 aliphatic rings. The molecule has 0 bridgehead atoms. The number of sulfone groups is 1. The van der Waals surface area contributed by atoms with Crippen LogP contribution in [0.15, 0.2) is 34.1 Å². The fourth-order valence-electron chi connectivity index (χ4n) is 3.64. The molecule has 0 aliphatic heterocycles. The molecule has 1 amide bonds. The Balaban J connectivity index is 2.26. The van der Waals surface area contributed by atoms with E-state index < -0.39 is 27.1 Å². The maximum atomic E-state index is 12.9. The third kappa shape index (κ3) is 4.58. The first-order valence-corrected chi connectivity index (χ1v) is 11.2. The Hall–Kier alpha value is -1.56. The van der Waals surface area contributed by atoms with Gasteiger partial charge >= 0.3 is 0 Å². The van der Waals surface area contributed by atoms with Crippen LogP contribution >= 0.6 is 11.8 Å². The highest BCUT2D eigenvalue weighted by Crippen LogP contribution is 2.45.